The Morgan fingerprint density at radius 2 is 1.76 bits per heavy atom. The van der Waals surface area contributed by atoms with Crippen LogP contribution in [0.4, 0.5) is 0 Å². The molecular weight excluding hydrogens is 458 g/mol. The van der Waals surface area contributed by atoms with Gasteiger partial charge in [-0.3, -0.25) is 10.2 Å². The smallest absolute Gasteiger partial charge is 0.323 e. The molecule has 0 bridgehead atoms. The summed E-state index contributed by atoms with van der Waals surface area (Å²) in [4.78, 5) is 17.5. The van der Waals surface area contributed by atoms with E-state index in [0.29, 0.717) is 17.0 Å². The van der Waals surface area contributed by atoms with Gasteiger partial charge < -0.3 is 10.5 Å². The van der Waals surface area contributed by atoms with Crippen LogP contribution in [0.1, 0.15) is 33.2 Å². The lowest BCUT2D eigenvalue weighted by Crippen LogP contribution is -2.52. The largest absolute Gasteiger partial charge is 0.458 e. The van der Waals surface area contributed by atoms with Gasteiger partial charge in [-0.1, -0.05) is 42.5 Å². The van der Waals surface area contributed by atoms with Crippen molar-refractivity contribution in [3.63, 3.8) is 0 Å². The highest BCUT2D eigenvalue weighted by Crippen LogP contribution is 2.29. The molecule has 3 aromatic rings. The summed E-state index contributed by atoms with van der Waals surface area (Å²) in [6.07, 6.45) is 0. The molecular formula is C22H25N7O4S. The van der Waals surface area contributed by atoms with Crippen molar-refractivity contribution in [2.75, 3.05) is 27.2 Å². The van der Waals surface area contributed by atoms with Gasteiger partial charge >= 0.3 is 6.01 Å². The number of ether oxygens (including phenoxy) is 1. The zero-order valence-electron chi connectivity index (χ0n) is 18.7. The topological polar surface area (TPSA) is 148 Å². The van der Waals surface area contributed by atoms with Crippen molar-refractivity contribution in [2.24, 2.45) is 5.73 Å². The number of nitrogens with zero attached hydrogens (tertiary/aromatic N) is 5. The Hall–Kier alpha value is -3.61. The van der Waals surface area contributed by atoms with Crippen molar-refractivity contribution in [2.45, 2.75) is 12.5 Å². The highest BCUT2D eigenvalue weighted by atomic mass is 32.2. The quantitative estimate of drug-likeness (QED) is 0.359. The van der Waals surface area contributed by atoms with E-state index in [1.54, 1.807) is 54.6 Å². The second-order valence-electron chi connectivity index (χ2n) is 8.04. The van der Waals surface area contributed by atoms with Crippen molar-refractivity contribution >= 4 is 22.0 Å². The maximum Gasteiger partial charge on any atom is 0.323 e. The summed E-state index contributed by atoms with van der Waals surface area (Å²) in [5, 5.41) is 11.9. The number of carbonyl (C=O) groups excluding carboxylic acids is 1. The van der Waals surface area contributed by atoms with E-state index < -0.39 is 16.1 Å². The zero-order valence-corrected chi connectivity index (χ0v) is 19.6. The molecule has 0 unspecified atom stereocenters. The van der Waals surface area contributed by atoms with Gasteiger partial charge in [0.1, 0.15) is 12.4 Å². The van der Waals surface area contributed by atoms with Crippen LogP contribution < -0.4 is 10.5 Å². The molecule has 2 heterocycles. The molecule has 0 amide bonds. The highest BCUT2D eigenvalue weighted by molar-refractivity contribution is 7.86. The second kappa shape index (κ2) is 9.33. The number of hydrogen-bond acceptors (Lipinski definition) is 7. The number of nitrogen functional groups attached to an aromatic ring is 1. The van der Waals surface area contributed by atoms with Crippen molar-refractivity contribution in [1.82, 2.24) is 23.4 Å². The number of aromatic nitrogens is 3. The molecule has 2 aromatic carbocycles. The van der Waals surface area contributed by atoms with E-state index in [2.05, 4.69) is 10.1 Å². The summed E-state index contributed by atoms with van der Waals surface area (Å²) < 4.78 is 34.0. The first kappa shape index (κ1) is 23.5. The van der Waals surface area contributed by atoms with Gasteiger partial charge in [-0.05, 0) is 17.7 Å². The molecule has 3 N–H and O–H groups in total. The number of hydrogen-bond donors (Lipinski definition) is 2. The first-order chi connectivity index (χ1) is 16.2. The van der Waals surface area contributed by atoms with Gasteiger partial charge in [0.15, 0.2) is 5.82 Å². The van der Waals surface area contributed by atoms with Crippen LogP contribution in [0.5, 0.6) is 6.01 Å². The molecule has 178 valence electrons. The molecule has 11 nitrogen and oxygen atoms in total. The molecule has 1 fully saturated rings. The standard InChI is InChI=1S/C22H25N7O4S/c1-27(2)34(31,32)28-12-18(13-28)20-25-22(29(26-20)21(30)17-6-4-3-5-7-17)33-14-15-8-10-16(11-9-15)19(23)24/h3-11,18H,12-14H2,1-2H3,(H3,23,24). The first-order valence-corrected chi connectivity index (χ1v) is 11.9. The predicted octanol–water partition coefficient (Wildman–Crippen LogP) is 1.04. The Bertz CT molecular complexity index is 1300. The fourth-order valence-corrected chi connectivity index (χ4v) is 4.56. The molecule has 4 rings (SSSR count). The lowest BCUT2D eigenvalue weighted by atomic mass is 10.0. The van der Waals surface area contributed by atoms with Crippen LogP contribution in [0.25, 0.3) is 0 Å². The molecule has 1 saturated heterocycles. The zero-order chi connectivity index (χ0) is 24.5. The monoisotopic (exact) mass is 483 g/mol. The summed E-state index contributed by atoms with van der Waals surface area (Å²) in [6.45, 7) is 0.552. The van der Waals surface area contributed by atoms with Gasteiger partial charge in [-0.2, -0.15) is 22.0 Å². The predicted molar refractivity (Wildman–Crippen MR) is 125 cm³/mol. The first-order valence-electron chi connectivity index (χ1n) is 10.5. The molecule has 12 heteroatoms. The Morgan fingerprint density at radius 3 is 2.35 bits per heavy atom. The summed E-state index contributed by atoms with van der Waals surface area (Å²) in [5.41, 5.74) is 7.29. The van der Waals surface area contributed by atoms with Crippen LogP contribution >= 0.6 is 0 Å². The highest BCUT2D eigenvalue weighted by Gasteiger charge is 2.40. The fourth-order valence-electron chi connectivity index (χ4n) is 3.36. The maximum absolute atomic E-state index is 13.1. The second-order valence-corrected chi connectivity index (χ2v) is 10.2. The van der Waals surface area contributed by atoms with Crippen molar-refractivity contribution in [1.29, 1.82) is 5.41 Å². The molecule has 0 radical (unpaired) electrons. The summed E-state index contributed by atoms with van der Waals surface area (Å²) in [6, 6.07) is 15.6. The lowest BCUT2D eigenvalue weighted by Gasteiger charge is -2.37. The molecule has 34 heavy (non-hydrogen) atoms. The van der Waals surface area contributed by atoms with Crippen LogP contribution in [-0.2, 0) is 16.8 Å². The van der Waals surface area contributed by atoms with E-state index in [-0.39, 0.29) is 37.5 Å². The van der Waals surface area contributed by atoms with Crippen LogP contribution in [0.3, 0.4) is 0 Å². The van der Waals surface area contributed by atoms with Crippen molar-refractivity contribution < 1.29 is 17.9 Å². The van der Waals surface area contributed by atoms with E-state index in [4.69, 9.17) is 15.9 Å². The minimum atomic E-state index is -3.52. The minimum Gasteiger partial charge on any atom is -0.458 e. The molecule has 1 aromatic heterocycles. The number of nitrogens with two attached hydrogens (primary N) is 1. The summed E-state index contributed by atoms with van der Waals surface area (Å²) in [7, 11) is -0.567. The van der Waals surface area contributed by atoms with Gasteiger partial charge in [0.25, 0.3) is 16.1 Å². The average molecular weight is 484 g/mol. The van der Waals surface area contributed by atoms with Gasteiger partial charge in [-0.15, -0.1) is 9.78 Å². The SMILES string of the molecule is CN(C)S(=O)(=O)N1CC(c2nc(OCc3ccc(C(=N)N)cc3)n(C(=O)c3ccccc3)n2)C1. The lowest BCUT2D eigenvalue weighted by molar-refractivity contribution is 0.0925. The number of benzene rings is 2. The normalized spacial score (nSPS) is 14.7. The molecule has 0 spiro atoms. The molecule has 0 saturated carbocycles. The maximum atomic E-state index is 13.1. The minimum absolute atomic E-state index is 0.0217. The third kappa shape index (κ3) is 4.69. The number of carbonyl (C=O) groups is 1. The third-order valence-electron chi connectivity index (χ3n) is 5.44. The van der Waals surface area contributed by atoms with Crippen molar-refractivity contribution in [3.8, 4) is 6.01 Å². The van der Waals surface area contributed by atoms with E-state index in [1.807, 2.05) is 0 Å². The van der Waals surface area contributed by atoms with Crippen LogP contribution in [0, 0.1) is 5.41 Å². The van der Waals surface area contributed by atoms with Crippen LogP contribution in [-0.4, -0.2) is 70.7 Å². The molecule has 1 aliphatic rings. The molecule has 0 aliphatic carbocycles. The third-order valence-corrected chi connectivity index (χ3v) is 7.31. The van der Waals surface area contributed by atoms with E-state index in [0.717, 1.165) is 14.6 Å². The van der Waals surface area contributed by atoms with Gasteiger partial charge in [-0.25, -0.2) is 0 Å². The number of rotatable bonds is 8. The molecule has 1 aliphatic heterocycles. The number of amidine groups is 1. The Kier molecular flexibility index (Phi) is 6.46. The Balaban J connectivity index is 1.56. The van der Waals surface area contributed by atoms with Gasteiger partial charge in [0.2, 0.25) is 0 Å². The van der Waals surface area contributed by atoms with E-state index in [1.165, 1.54) is 18.4 Å². The summed E-state index contributed by atoms with van der Waals surface area (Å²) in [5.74, 6) is -0.345. The average Bonchev–Trinajstić information content (AvgIpc) is 3.20. The fraction of sp³-hybridized carbons (Fsp3) is 0.273. The Labute approximate surface area is 197 Å². The van der Waals surface area contributed by atoms with E-state index >= 15 is 0 Å². The van der Waals surface area contributed by atoms with Crippen LogP contribution in [0.2, 0.25) is 0 Å². The number of nitrogens with one attached hydrogen (secondary N) is 1. The molecule has 0 atom stereocenters. The van der Waals surface area contributed by atoms with Crippen LogP contribution in [0.15, 0.2) is 54.6 Å². The van der Waals surface area contributed by atoms with Gasteiger partial charge in [0, 0.05) is 44.2 Å². The Morgan fingerprint density at radius 1 is 1.12 bits per heavy atom. The van der Waals surface area contributed by atoms with Crippen molar-refractivity contribution in [3.05, 3.63) is 77.1 Å². The van der Waals surface area contributed by atoms with E-state index in [9.17, 15) is 13.2 Å². The van der Waals surface area contributed by atoms with Gasteiger partial charge in [0.05, 0.1) is 0 Å². The summed E-state index contributed by atoms with van der Waals surface area (Å²) >= 11 is 0.